The fourth-order valence-corrected chi connectivity index (χ4v) is 6.92. The molecule has 0 atom stereocenters. The summed E-state index contributed by atoms with van der Waals surface area (Å²) in [5, 5.41) is 9.56. The summed E-state index contributed by atoms with van der Waals surface area (Å²) in [6.45, 7) is 0. The molecule has 196 valence electrons. The molecule has 4 nitrogen and oxygen atoms in total. The molecule has 4 heteroatoms. The first-order chi connectivity index (χ1) is 20.7. The number of fused-ring (bicyclic) bond motifs is 8. The molecule has 5 aromatic carbocycles. The quantitative estimate of drug-likeness (QED) is 0.222. The monoisotopic (exact) mass is 537 g/mol. The number of hydrogen-bond acceptors (Lipinski definition) is 4. The van der Waals surface area contributed by atoms with Crippen LogP contribution >= 0.6 is 0 Å². The van der Waals surface area contributed by atoms with Crippen molar-refractivity contribution in [2.45, 2.75) is 5.41 Å². The second-order valence-corrected chi connectivity index (χ2v) is 10.6. The first-order valence-corrected chi connectivity index (χ1v) is 13.9. The fraction of sp³-hybridized carbons (Fsp3) is 0.0263. The highest BCUT2D eigenvalue weighted by Gasteiger charge is 2.51. The highest BCUT2D eigenvalue weighted by molar-refractivity contribution is 6.14. The van der Waals surface area contributed by atoms with Gasteiger partial charge in [0.1, 0.15) is 11.8 Å². The van der Waals surface area contributed by atoms with Crippen LogP contribution in [0, 0.1) is 11.3 Å². The molecule has 0 unspecified atom stereocenters. The van der Waals surface area contributed by atoms with Crippen LogP contribution in [-0.4, -0.2) is 10.8 Å². The van der Waals surface area contributed by atoms with Gasteiger partial charge in [-0.2, -0.15) is 5.26 Å². The van der Waals surface area contributed by atoms with Gasteiger partial charge in [-0.15, -0.1) is 0 Å². The Morgan fingerprint density at radius 3 is 1.57 bits per heavy atom. The number of rotatable bonds is 2. The standard InChI is InChI=1S/C38H23N3O/c39-24-25-12-11-20-33(40-25)28-15-3-8-21-34(28)41-35-22-9-6-18-31(35)38(32-19-7-10-23-36(32)41)29-16-4-1-13-26(29)37(42)27-14-2-5-17-30(27)38/h1-23H. The number of ketones is 1. The van der Waals surface area contributed by atoms with Crippen molar-refractivity contribution in [3.05, 3.63) is 179 Å². The van der Waals surface area contributed by atoms with Crippen LogP contribution in [0.15, 0.2) is 140 Å². The molecule has 6 aromatic rings. The summed E-state index contributed by atoms with van der Waals surface area (Å²) < 4.78 is 0. The maximum atomic E-state index is 13.9. The van der Waals surface area contributed by atoms with E-state index < -0.39 is 5.41 Å². The van der Waals surface area contributed by atoms with Gasteiger partial charge in [-0.05, 0) is 52.6 Å². The maximum absolute atomic E-state index is 13.9. The van der Waals surface area contributed by atoms with E-state index in [-0.39, 0.29) is 5.78 Å². The van der Waals surface area contributed by atoms with E-state index in [0.717, 1.165) is 61.7 Å². The molecule has 1 aliphatic carbocycles. The number of aromatic nitrogens is 1. The lowest BCUT2D eigenvalue weighted by Gasteiger charge is -2.49. The SMILES string of the molecule is N#Cc1cccc(-c2ccccc2N2c3ccccc3C3(c4ccccc4C(=O)c4ccccc43)c3ccccc32)n1. The van der Waals surface area contributed by atoms with Crippen LogP contribution in [0.4, 0.5) is 17.1 Å². The fourth-order valence-electron chi connectivity index (χ4n) is 6.92. The zero-order valence-electron chi connectivity index (χ0n) is 22.5. The molecule has 1 spiro atoms. The highest BCUT2D eigenvalue weighted by Crippen LogP contribution is 2.60. The molecule has 0 saturated heterocycles. The predicted octanol–water partition coefficient (Wildman–Crippen LogP) is 8.33. The van der Waals surface area contributed by atoms with Crippen molar-refractivity contribution < 1.29 is 4.79 Å². The van der Waals surface area contributed by atoms with Crippen molar-refractivity contribution in [3.8, 4) is 17.3 Å². The minimum atomic E-state index is -0.696. The van der Waals surface area contributed by atoms with Gasteiger partial charge in [-0.3, -0.25) is 4.79 Å². The normalized spacial score (nSPS) is 13.9. The van der Waals surface area contributed by atoms with E-state index in [0.29, 0.717) is 5.69 Å². The number of benzene rings is 5. The van der Waals surface area contributed by atoms with Crippen LogP contribution in [0.5, 0.6) is 0 Å². The van der Waals surface area contributed by atoms with Gasteiger partial charge in [-0.1, -0.05) is 109 Å². The van der Waals surface area contributed by atoms with Crippen LogP contribution in [0.2, 0.25) is 0 Å². The van der Waals surface area contributed by atoms with Crippen LogP contribution < -0.4 is 4.90 Å². The Morgan fingerprint density at radius 1 is 0.524 bits per heavy atom. The first-order valence-electron chi connectivity index (χ1n) is 13.9. The molecule has 0 bridgehead atoms. The Hall–Kier alpha value is -5.79. The third-order valence-corrected chi connectivity index (χ3v) is 8.53. The van der Waals surface area contributed by atoms with E-state index in [2.05, 4.69) is 88.7 Å². The third kappa shape index (κ3) is 3.16. The van der Waals surface area contributed by atoms with Crippen LogP contribution in [-0.2, 0) is 5.41 Å². The lowest BCUT2D eigenvalue weighted by molar-refractivity contribution is 0.103. The summed E-state index contributed by atoms with van der Waals surface area (Å²) in [6.07, 6.45) is 0. The van der Waals surface area contributed by atoms with Crippen molar-refractivity contribution >= 4 is 22.8 Å². The van der Waals surface area contributed by atoms with Crippen molar-refractivity contribution in [2.24, 2.45) is 0 Å². The smallest absolute Gasteiger partial charge is 0.193 e. The van der Waals surface area contributed by atoms with Crippen molar-refractivity contribution in [1.82, 2.24) is 4.98 Å². The van der Waals surface area contributed by atoms with Crippen LogP contribution in [0.3, 0.4) is 0 Å². The molecule has 42 heavy (non-hydrogen) atoms. The molecular formula is C38H23N3O. The zero-order valence-corrected chi connectivity index (χ0v) is 22.5. The van der Waals surface area contributed by atoms with Crippen molar-refractivity contribution in [1.29, 1.82) is 5.26 Å². The number of carbonyl (C=O) groups is 1. The molecule has 0 N–H and O–H groups in total. The summed E-state index contributed by atoms with van der Waals surface area (Å²) in [5.41, 5.74) is 10.00. The second-order valence-electron chi connectivity index (χ2n) is 10.6. The van der Waals surface area contributed by atoms with Gasteiger partial charge in [0.05, 0.1) is 28.2 Å². The Bertz CT molecular complexity index is 2010. The van der Waals surface area contributed by atoms with E-state index >= 15 is 0 Å². The Balaban J connectivity index is 1.49. The molecule has 0 fully saturated rings. The molecule has 8 rings (SSSR count). The number of pyridine rings is 1. The summed E-state index contributed by atoms with van der Waals surface area (Å²) in [7, 11) is 0. The minimum Gasteiger partial charge on any atom is -0.309 e. The van der Waals surface area contributed by atoms with E-state index in [1.54, 1.807) is 6.07 Å². The largest absolute Gasteiger partial charge is 0.309 e. The Morgan fingerprint density at radius 2 is 1.00 bits per heavy atom. The van der Waals surface area contributed by atoms with Gasteiger partial charge in [0.15, 0.2) is 5.78 Å². The lowest BCUT2D eigenvalue weighted by atomic mass is 9.57. The number of hydrogen-bond donors (Lipinski definition) is 0. The Labute approximate surface area is 243 Å². The average Bonchev–Trinajstić information content (AvgIpc) is 3.07. The predicted molar refractivity (Wildman–Crippen MR) is 164 cm³/mol. The van der Waals surface area contributed by atoms with Gasteiger partial charge >= 0.3 is 0 Å². The minimum absolute atomic E-state index is 0.0537. The molecule has 0 radical (unpaired) electrons. The lowest BCUT2D eigenvalue weighted by Crippen LogP contribution is -2.42. The third-order valence-electron chi connectivity index (χ3n) is 8.53. The molecule has 1 aliphatic heterocycles. The molecule has 2 heterocycles. The number of carbonyl (C=O) groups excluding carboxylic acids is 1. The Kier molecular flexibility index (Phi) is 5.22. The van der Waals surface area contributed by atoms with Crippen LogP contribution in [0.25, 0.3) is 11.3 Å². The van der Waals surface area contributed by atoms with Crippen molar-refractivity contribution in [3.63, 3.8) is 0 Å². The average molecular weight is 538 g/mol. The van der Waals surface area contributed by atoms with Gasteiger partial charge in [-0.25, -0.2) is 4.98 Å². The molecule has 0 saturated carbocycles. The number of nitriles is 1. The van der Waals surface area contributed by atoms with Gasteiger partial charge in [0.2, 0.25) is 0 Å². The van der Waals surface area contributed by atoms with Crippen molar-refractivity contribution in [2.75, 3.05) is 4.90 Å². The van der Waals surface area contributed by atoms with E-state index in [4.69, 9.17) is 0 Å². The first kappa shape index (κ1) is 24.0. The number of para-hydroxylation sites is 3. The molecule has 1 aromatic heterocycles. The molecular weight excluding hydrogens is 514 g/mol. The van der Waals surface area contributed by atoms with E-state index in [9.17, 15) is 10.1 Å². The molecule has 0 amide bonds. The van der Waals surface area contributed by atoms with Gasteiger partial charge in [0, 0.05) is 16.7 Å². The summed E-state index contributed by atoms with van der Waals surface area (Å²) in [5.74, 6) is 0.0537. The van der Waals surface area contributed by atoms with E-state index in [1.807, 2.05) is 60.7 Å². The van der Waals surface area contributed by atoms with E-state index in [1.165, 1.54) is 0 Å². The summed E-state index contributed by atoms with van der Waals surface area (Å²) >= 11 is 0. The zero-order chi connectivity index (χ0) is 28.3. The maximum Gasteiger partial charge on any atom is 0.193 e. The molecule has 2 aliphatic rings. The topological polar surface area (TPSA) is 57.0 Å². The number of nitrogens with zero attached hydrogens (tertiary/aromatic N) is 3. The summed E-state index contributed by atoms with van der Waals surface area (Å²) in [6, 6.07) is 49.0. The van der Waals surface area contributed by atoms with Gasteiger partial charge in [0.25, 0.3) is 0 Å². The van der Waals surface area contributed by atoms with Crippen LogP contribution in [0.1, 0.15) is 43.9 Å². The second kappa shape index (κ2) is 9.12. The van der Waals surface area contributed by atoms with Gasteiger partial charge < -0.3 is 4.90 Å². The summed E-state index contributed by atoms with van der Waals surface area (Å²) in [4.78, 5) is 20.8. The highest BCUT2D eigenvalue weighted by atomic mass is 16.1. The number of anilines is 3.